The monoisotopic (exact) mass is 268 g/mol. The molecule has 0 aliphatic carbocycles. The standard InChI is InChI=1S/C12H16N2O5/c1-12(2,5-6-15)13-9-4-3-8(11(16)17)7-10(9)14(18)19/h3-4,7,13,15H,5-6H2,1-2H3,(H,16,17). The quantitative estimate of drug-likeness (QED) is 0.536. The highest BCUT2D eigenvalue weighted by molar-refractivity contribution is 5.89. The topological polar surface area (TPSA) is 113 Å². The number of nitrogens with zero attached hydrogens (tertiary/aromatic N) is 1. The van der Waals surface area contributed by atoms with E-state index in [0.29, 0.717) is 6.42 Å². The molecule has 0 saturated heterocycles. The molecule has 0 unspecified atom stereocenters. The van der Waals surface area contributed by atoms with Crippen molar-refractivity contribution in [1.29, 1.82) is 0 Å². The van der Waals surface area contributed by atoms with Gasteiger partial charge in [-0.2, -0.15) is 0 Å². The van der Waals surface area contributed by atoms with E-state index in [2.05, 4.69) is 5.32 Å². The van der Waals surface area contributed by atoms with Gasteiger partial charge in [-0.3, -0.25) is 10.1 Å². The Balaban J connectivity index is 3.14. The van der Waals surface area contributed by atoms with Crippen LogP contribution in [0.4, 0.5) is 11.4 Å². The Bertz CT molecular complexity index is 499. The van der Waals surface area contributed by atoms with E-state index in [1.807, 2.05) is 0 Å². The van der Waals surface area contributed by atoms with Crippen molar-refractivity contribution < 1.29 is 19.9 Å². The predicted molar refractivity (Wildman–Crippen MR) is 69.5 cm³/mol. The normalized spacial score (nSPS) is 11.1. The number of hydrogen-bond acceptors (Lipinski definition) is 5. The summed E-state index contributed by atoms with van der Waals surface area (Å²) >= 11 is 0. The lowest BCUT2D eigenvalue weighted by molar-refractivity contribution is -0.384. The van der Waals surface area contributed by atoms with Crippen LogP contribution >= 0.6 is 0 Å². The zero-order valence-corrected chi connectivity index (χ0v) is 10.7. The second-order valence-corrected chi connectivity index (χ2v) is 4.78. The van der Waals surface area contributed by atoms with Crippen molar-refractivity contribution in [2.24, 2.45) is 0 Å². The molecule has 0 saturated carbocycles. The summed E-state index contributed by atoms with van der Waals surface area (Å²) in [5, 5.41) is 31.7. The van der Waals surface area contributed by atoms with E-state index in [-0.39, 0.29) is 23.5 Å². The molecule has 0 fully saturated rings. The third-order valence-corrected chi connectivity index (χ3v) is 2.65. The van der Waals surface area contributed by atoms with Gasteiger partial charge in [-0.1, -0.05) is 0 Å². The van der Waals surface area contributed by atoms with E-state index in [4.69, 9.17) is 10.2 Å². The fourth-order valence-corrected chi connectivity index (χ4v) is 1.63. The molecule has 1 rings (SSSR count). The van der Waals surface area contributed by atoms with Crippen LogP contribution in [-0.4, -0.2) is 33.3 Å². The maximum Gasteiger partial charge on any atom is 0.335 e. The van der Waals surface area contributed by atoms with Crippen LogP contribution in [0.2, 0.25) is 0 Å². The van der Waals surface area contributed by atoms with Gasteiger partial charge in [0.05, 0.1) is 10.5 Å². The summed E-state index contributed by atoms with van der Waals surface area (Å²) in [6.07, 6.45) is 0.408. The van der Waals surface area contributed by atoms with Crippen molar-refractivity contribution in [2.75, 3.05) is 11.9 Å². The minimum atomic E-state index is -1.22. The van der Waals surface area contributed by atoms with Gasteiger partial charge in [0.2, 0.25) is 0 Å². The molecular weight excluding hydrogens is 252 g/mol. The van der Waals surface area contributed by atoms with Crippen molar-refractivity contribution >= 4 is 17.3 Å². The number of carbonyl (C=O) groups is 1. The predicted octanol–water partition coefficient (Wildman–Crippen LogP) is 1.87. The van der Waals surface area contributed by atoms with Gasteiger partial charge in [0.1, 0.15) is 5.69 Å². The highest BCUT2D eigenvalue weighted by Crippen LogP contribution is 2.29. The highest BCUT2D eigenvalue weighted by Gasteiger charge is 2.23. The molecule has 104 valence electrons. The molecule has 7 nitrogen and oxygen atoms in total. The van der Waals surface area contributed by atoms with Crippen molar-refractivity contribution in [3.05, 3.63) is 33.9 Å². The zero-order valence-electron chi connectivity index (χ0n) is 10.7. The first kappa shape index (κ1) is 14.9. The molecule has 7 heteroatoms. The third-order valence-electron chi connectivity index (χ3n) is 2.65. The number of aromatic carboxylic acids is 1. The molecule has 19 heavy (non-hydrogen) atoms. The van der Waals surface area contributed by atoms with Gasteiger partial charge in [0.25, 0.3) is 5.69 Å². The number of rotatable bonds is 6. The lowest BCUT2D eigenvalue weighted by atomic mass is 10.0. The number of aliphatic hydroxyl groups is 1. The number of anilines is 1. The number of carboxylic acid groups (broad SMARTS) is 1. The van der Waals surface area contributed by atoms with Crippen molar-refractivity contribution in [3.8, 4) is 0 Å². The van der Waals surface area contributed by atoms with Crippen LogP contribution < -0.4 is 5.32 Å². The van der Waals surface area contributed by atoms with Crippen molar-refractivity contribution in [3.63, 3.8) is 0 Å². The van der Waals surface area contributed by atoms with E-state index in [9.17, 15) is 14.9 Å². The van der Waals surface area contributed by atoms with Gasteiger partial charge in [0.15, 0.2) is 0 Å². The first-order valence-electron chi connectivity index (χ1n) is 5.67. The number of benzene rings is 1. The van der Waals surface area contributed by atoms with Crippen LogP contribution in [-0.2, 0) is 0 Å². The molecule has 0 spiro atoms. The van der Waals surface area contributed by atoms with Gasteiger partial charge in [-0.05, 0) is 32.4 Å². The molecule has 1 aromatic rings. The fourth-order valence-electron chi connectivity index (χ4n) is 1.63. The lowest BCUT2D eigenvalue weighted by Gasteiger charge is -2.26. The van der Waals surface area contributed by atoms with Crippen LogP contribution in [0.3, 0.4) is 0 Å². The molecule has 0 atom stereocenters. The maximum atomic E-state index is 11.0. The summed E-state index contributed by atoms with van der Waals surface area (Å²) in [5.74, 6) is -1.22. The number of hydrogen-bond donors (Lipinski definition) is 3. The summed E-state index contributed by atoms with van der Waals surface area (Å²) in [5.41, 5.74) is -0.749. The Kier molecular flexibility index (Phi) is 4.44. The average Bonchev–Trinajstić information content (AvgIpc) is 2.27. The minimum Gasteiger partial charge on any atom is -0.478 e. The Morgan fingerprint density at radius 3 is 2.58 bits per heavy atom. The Morgan fingerprint density at radius 1 is 1.47 bits per heavy atom. The van der Waals surface area contributed by atoms with E-state index >= 15 is 0 Å². The summed E-state index contributed by atoms with van der Waals surface area (Å²) in [4.78, 5) is 21.1. The second kappa shape index (κ2) is 5.66. The molecule has 0 bridgehead atoms. The maximum absolute atomic E-state index is 11.0. The van der Waals surface area contributed by atoms with Crippen LogP contribution in [0.1, 0.15) is 30.6 Å². The molecule has 0 aromatic heterocycles. The Labute approximate surface area is 110 Å². The molecule has 0 aliphatic rings. The van der Waals surface area contributed by atoms with Gasteiger partial charge < -0.3 is 15.5 Å². The van der Waals surface area contributed by atoms with Crippen LogP contribution in [0, 0.1) is 10.1 Å². The molecule has 0 radical (unpaired) electrons. The Morgan fingerprint density at radius 2 is 2.11 bits per heavy atom. The largest absolute Gasteiger partial charge is 0.478 e. The van der Waals surface area contributed by atoms with Gasteiger partial charge >= 0.3 is 5.97 Å². The van der Waals surface area contributed by atoms with Gasteiger partial charge in [0, 0.05) is 18.2 Å². The van der Waals surface area contributed by atoms with Gasteiger partial charge in [-0.25, -0.2) is 4.79 Å². The molecule has 0 heterocycles. The van der Waals surface area contributed by atoms with E-state index < -0.39 is 16.4 Å². The molecular formula is C12H16N2O5. The van der Waals surface area contributed by atoms with Crippen LogP contribution in [0.5, 0.6) is 0 Å². The first-order valence-corrected chi connectivity index (χ1v) is 5.67. The van der Waals surface area contributed by atoms with Gasteiger partial charge in [-0.15, -0.1) is 0 Å². The molecule has 1 aromatic carbocycles. The number of nitro groups is 1. The highest BCUT2D eigenvalue weighted by atomic mass is 16.6. The number of aliphatic hydroxyl groups excluding tert-OH is 1. The lowest BCUT2D eigenvalue weighted by Crippen LogP contribution is -2.32. The smallest absolute Gasteiger partial charge is 0.335 e. The summed E-state index contributed by atoms with van der Waals surface area (Å²) in [6, 6.07) is 3.67. The van der Waals surface area contributed by atoms with E-state index in [1.165, 1.54) is 12.1 Å². The van der Waals surface area contributed by atoms with Crippen molar-refractivity contribution in [2.45, 2.75) is 25.8 Å². The summed E-state index contributed by atoms with van der Waals surface area (Å²) in [6.45, 7) is 3.52. The zero-order chi connectivity index (χ0) is 14.6. The molecule has 0 amide bonds. The average molecular weight is 268 g/mol. The molecule has 3 N–H and O–H groups in total. The summed E-state index contributed by atoms with van der Waals surface area (Å²) < 4.78 is 0. The third kappa shape index (κ3) is 3.92. The number of nitro benzene ring substituents is 1. The number of nitrogens with one attached hydrogen (secondary N) is 1. The first-order chi connectivity index (χ1) is 8.76. The summed E-state index contributed by atoms with van der Waals surface area (Å²) in [7, 11) is 0. The Hall–Kier alpha value is -2.15. The SMILES string of the molecule is CC(C)(CCO)Nc1ccc(C(=O)O)cc1[N+](=O)[O-]. The van der Waals surface area contributed by atoms with Crippen molar-refractivity contribution in [1.82, 2.24) is 0 Å². The number of carboxylic acids is 1. The minimum absolute atomic E-state index is 0.0546. The van der Waals surface area contributed by atoms with Crippen LogP contribution in [0.25, 0.3) is 0 Å². The van der Waals surface area contributed by atoms with E-state index in [0.717, 1.165) is 6.07 Å². The van der Waals surface area contributed by atoms with E-state index in [1.54, 1.807) is 13.8 Å². The van der Waals surface area contributed by atoms with Crippen LogP contribution in [0.15, 0.2) is 18.2 Å². The molecule has 0 aliphatic heterocycles. The fraction of sp³-hybridized carbons (Fsp3) is 0.417. The second-order valence-electron chi connectivity index (χ2n) is 4.78.